The molecule has 0 bridgehead atoms. The highest BCUT2D eigenvalue weighted by molar-refractivity contribution is 5.98. The van der Waals surface area contributed by atoms with Crippen molar-refractivity contribution in [3.63, 3.8) is 0 Å². The van der Waals surface area contributed by atoms with E-state index in [1.54, 1.807) is 24.0 Å². The van der Waals surface area contributed by atoms with Crippen molar-refractivity contribution in [2.75, 3.05) is 0 Å². The molecule has 0 saturated heterocycles. The first kappa shape index (κ1) is 9.92. The van der Waals surface area contributed by atoms with Gasteiger partial charge in [0.15, 0.2) is 5.78 Å². The summed E-state index contributed by atoms with van der Waals surface area (Å²) in [4.78, 5) is 11.6. The minimum Gasteiger partial charge on any atom is -0.321 e. The zero-order valence-corrected chi connectivity index (χ0v) is 8.03. The second-order valence-electron chi connectivity index (χ2n) is 3.10. The van der Waals surface area contributed by atoms with Gasteiger partial charge in [0.05, 0.1) is 6.04 Å². The summed E-state index contributed by atoms with van der Waals surface area (Å²) in [5, 5.41) is 3.92. The van der Waals surface area contributed by atoms with E-state index in [1.807, 2.05) is 6.92 Å². The highest BCUT2D eigenvalue weighted by atomic mass is 16.1. The third-order valence-corrected chi connectivity index (χ3v) is 2.01. The fraction of sp³-hybridized carbons (Fsp3) is 0.556. The van der Waals surface area contributed by atoms with Crippen LogP contribution in [0.2, 0.25) is 0 Å². The van der Waals surface area contributed by atoms with Crippen LogP contribution in [0, 0.1) is 0 Å². The molecule has 1 atom stereocenters. The summed E-state index contributed by atoms with van der Waals surface area (Å²) in [7, 11) is 1.74. The minimum atomic E-state index is -0.389. The van der Waals surface area contributed by atoms with E-state index in [0.29, 0.717) is 5.69 Å². The number of hydrogen-bond acceptors (Lipinski definition) is 3. The molecule has 0 radical (unpaired) electrons. The van der Waals surface area contributed by atoms with Gasteiger partial charge in [0.2, 0.25) is 0 Å². The number of aryl methyl sites for hydroxylation is 1. The highest BCUT2D eigenvalue weighted by Crippen LogP contribution is 2.04. The van der Waals surface area contributed by atoms with Crippen LogP contribution in [0.3, 0.4) is 0 Å². The summed E-state index contributed by atoms with van der Waals surface area (Å²) < 4.78 is 1.55. The number of nitrogens with two attached hydrogens (primary N) is 1. The largest absolute Gasteiger partial charge is 0.321 e. The summed E-state index contributed by atoms with van der Waals surface area (Å²) in [6.45, 7) is 2.01. The van der Waals surface area contributed by atoms with Crippen LogP contribution in [0.1, 0.15) is 30.3 Å². The summed E-state index contributed by atoms with van der Waals surface area (Å²) in [5.41, 5.74) is 6.28. The summed E-state index contributed by atoms with van der Waals surface area (Å²) in [5.74, 6) is -0.0261. The maximum absolute atomic E-state index is 11.6. The third kappa shape index (κ3) is 2.15. The predicted molar refractivity (Wildman–Crippen MR) is 50.4 cm³/mol. The molecule has 4 nitrogen and oxygen atoms in total. The maximum Gasteiger partial charge on any atom is 0.197 e. The van der Waals surface area contributed by atoms with Crippen molar-refractivity contribution in [1.29, 1.82) is 0 Å². The zero-order valence-electron chi connectivity index (χ0n) is 8.03. The number of carbonyl (C=O) groups is 1. The van der Waals surface area contributed by atoms with Crippen LogP contribution in [0.4, 0.5) is 0 Å². The highest BCUT2D eigenvalue weighted by Gasteiger charge is 2.17. The van der Waals surface area contributed by atoms with Gasteiger partial charge in [-0.15, -0.1) is 0 Å². The Kier molecular flexibility index (Phi) is 3.19. The molecule has 1 heterocycles. The van der Waals surface area contributed by atoms with Crippen molar-refractivity contribution < 1.29 is 4.79 Å². The van der Waals surface area contributed by atoms with Gasteiger partial charge in [0.1, 0.15) is 5.69 Å². The zero-order chi connectivity index (χ0) is 9.84. The van der Waals surface area contributed by atoms with Gasteiger partial charge in [0, 0.05) is 13.2 Å². The van der Waals surface area contributed by atoms with Gasteiger partial charge in [0.25, 0.3) is 0 Å². The molecule has 0 aromatic carbocycles. The Balaban J connectivity index is 2.73. The molecule has 0 aliphatic carbocycles. The lowest BCUT2D eigenvalue weighted by Crippen LogP contribution is -2.31. The van der Waals surface area contributed by atoms with E-state index in [4.69, 9.17) is 5.73 Å². The van der Waals surface area contributed by atoms with E-state index in [2.05, 4.69) is 5.10 Å². The molecule has 0 saturated carbocycles. The molecule has 4 heteroatoms. The molecule has 13 heavy (non-hydrogen) atoms. The van der Waals surface area contributed by atoms with Gasteiger partial charge < -0.3 is 5.73 Å². The smallest absolute Gasteiger partial charge is 0.197 e. The normalized spacial score (nSPS) is 12.8. The van der Waals surface area contributed by atoms with E-state index < -0.39 is 0 Å². The quantitative estimate of drug-likeness (QED) is 0.696. The standard InChI is InChI=1S/C9H15N3O/c1-3-4-7(10)9(13)8-5-6-11-12(8)2/h5-7H,3-4,10H2,1-2H3. The van der Waals surface area contributed by atoms with Gasteiger partial charge in [-0.05, 0) is 12.5 Å². The molecule has 1 aromatic heterocycles. The van der Waals surface area contributed by atoms with Gasteiger partial charge in [-0.2, -0.15) is 5.10 Å². The first-order valence-electron chi connectivity index (χ1n) is 4.44. The molecule has 2 N–H and O–H groups in total. The molecule has 1 aromatic rings. The number of ketones is 1. The number of carbonyl (C=O) groups excluding carboxylic acids is 1. The molecule has 0 aliphatic heterocycles. The summed E-state index contributed by atoms with van der Waals surface area (Å²) in [6, 6.07) is 1.30. The topological polar surface area (TPSA) is 60.9 Å². The van der Waals surface area contributed by atoms with Crippen molar-refractivity contribution >= 4 is 5.78 Å². The first-order valence-corrected chi connectivity index (χ1v) is 4.44. The Morgan fingerprint density at radius 3 is 2.92 bits per heavy atom. The Bertz CT molecular complexity index is 293. The summed E-state index contributed by atoms with van der Waals surface area (Å²) >= 11 is 0. The number of Topliss-reactive ketones (excluding diaryl/α,β-unsaturated/α-hetero) is 1. The molecular formula is C9H15N3O. The van der Waals surface area contributed by atoms with Crippen LogP contribution in [0.15, 0.2) is 12.3 Å². The maximum atomic E-state index is 11.6. The van der Waals surface area contributed by atoms with Crippen LogP contribution in [0.5, 0.6) is 0 Å². The van der Waals surface area contributed by atoms with Crippen molar-refractivity contribution in [2.24, 2.45) is 12.8 Å². The fourth-order valence-electron chi connectivity index (χ4n) is 1.25. The molecule has 1 rings (SSSR count). The van der Waals surface area contributed by atoms with Crippen molar-refractivity contribution in [2.45, 2.75) is 25.8 Å². The van der Waals surface area contributed by atoms with E-state index in [9.17, 15) is 4.79 Å². The van der Waals surface area contributed by atoms with E-state index >= 15 is 0 Å². The fourth-order valence-corrected chi connectivity index (χ4v) is 1.25. The molecule has 0 aliphatic rings. The Morgan fingerprint density at radius 1 is 1.77 bits per heavy atom. The van der Waals surface area contributed by atoms with Crippen molar-refractivity contribution in [3.8, 4) is 0 Å². The summed E-state index contributed by atoms with van der Waals surface area (Å²) in [6.07, 6.45) is 3.25. The molecule has 0 spiro atoms. The predicted octanol–water partition coefficient (Wildman–Crippen LogP) is 0.730. The minimum absolute atomic E-state index is 0.0261. The molecule has 0 amide bonds. The average molecular weight is 181 g/mol. The second-order valence-corrected chi connectivity index (χ2v) is 3.10. The first-order chi connectivity index (χ1) is 6.16. The van der Waals surface area contributed by atoms with Gasteiger partial charge in [-0.1, -0.05) is 13.3 Å². The van der Waals surface area contributed by atoms with Gasteiger partial charge in [-0.25, -0.2) is 0 Å². The lowest BCUT2D eigenvalue weighted by Gasteiger charge is -2.08. The molecule has 0 fully saturated rings. The lowest BCUT2D eigenvalue weighted by atomic mass is 10.1. The lowest BCUT2D eigenvalue weighted by molar-refractivity contribution is 0.0947. The number of hydrogen-bond donors (Lipinski definition) is 1. The number of rotatable bonds is 4. The van der Waals surface area contributed by atoms with Crippen LogP contribution in [0.25, 0.3) is 0 Å². The van der Waals surface area contributed by atoms with Crippen molar-refractivity contribution in [3.05, 3.63) is 18.0 Å². The van der Waals surface area contributed by atoms with E-state index in [1.165, 1.54) is 0 Å². The number of aromatic nitrogens is 2. The van der Waals surface area contributed by atoms with Crippen LogP contribution in [-0.2, 0) is 7.05 Å². The Hall–Kier alpha value is -1.16. The Morgan fingerprint density at radius 2 is 2.46 bits per heavy atom. The van der Waals surface area contributed by atoms with Crippen molar-refractivity contribution in [1.82, 2.24) is 9.78 Å². The average Bonchev–Trinajstić information content (AvgIpc) is 2.50. The molecular weight excluding hydrogens is 166 g/mol. The van der Waals surface area contributed by atoms with Gasteiger partial charge in [-0.3, -0.25) is 9.48 Å². The van der Waals surface area contributed by atoms with Crippen LogP contribution < -0.4 is 5.73 Å². The molecule has 72 valence electrons. The Labute approximate surface area is 77.7 Å². The molecule has 1 unspecified atom stereocenters. The second kappa shape index (κ2) is 4.18. The number of nitrogens with zero attached hydrogens (tertiary/aromatic N) is 2. The SMILES string of the molecule is CCCC(N)C(=O)c1ccnn1C. The van der Waals surface area contributed by atoms with Crippen LogP contribution in [-0.4, -0.2) is 21.6 Å². The van der Waals surface area contributed by atoms with E-state index in [0.717, 1.165) is 12.8 Å². The monoisotopic (exact) mass is 181 g/mol. The van der Waals surface area contributed by atoms with Gasteiger partial charge >= 0.3 is 0 Å². The van der Waals surface area contributed by atoms with E-state index in [-0.39, 0.29) is 11.8 Å². The van der Waals surface area contributed by atoms with Crippen LogP contribution >= 0.6 is 0 Å². The third-order valence-electron chi connectivity index (χ3n) is 2.01.